The minimum atomic E-state index is -0.361. The SMILES string of the molecule is CCc1nn(-c2cccnc2)c(=O)n1N. The van der Waals surface area contributed by atoms with Crippen molar-refractivity contribution in [2.75, 3.05) is 5.84 Å². The van der Waals surface area contributed by atoms with E-state index in [9.17, 15) is 4.79 Å². The van der Waals surface area contributed by atoms with Crippen molar-refractivity contribution in [3.8, 4) is 5.69 Å². The maximum atomic E-state index is 11.7. The Labute approximate surface area is 85.9 Å². The molecule has 0 radical (unpaired) electrons. The van der Waals surface area contributed by atoms with Gasteiger partial charge in [0.15, 0.2) is 5.82 Å². The molecule has 0 fully saturated rings. The molecule has 0 saturated heterocycles. The molecule has 0 amide bonds. The van der Waals surface area contributed by atoms with Gasteiger partial charge in [-0.25, -0.2) is 4.79 Å². The Hall–Kier alpha value is -2.11. The second-order valence-corrected chi connectivity index (χ2v) is 3.05. The molecule has 78 valence electrons. The van der Waals surface area contributed by atoms with Gasteiger partial charge < -0.3 is 5.84 Å². The highest BCUT2D eigenvalue weighted by Crippen LogP contribution is 2.00. The summed E-state index contributed by atoms with van der Waals surface area (Å²) in [5.41, 5.74) is 0.251. The molecule has 2 aromatic heterocycles. The molecule has 2 rings (SSSR count). The largest absolute Gasteiger partial charge is 0.369 e. The monoisotopic (exact) mass is 205 g/mol. The fourth-order valence-corrected chi connectivity index (χ4v) is 1.31. The first-order chi connectivity index (χ1) is 7.24. The summed E-state index contributed by atoms with van der Waals surface area (Å²) in [7, 11) is 0. The molecule has 0 aliphatic rings. The number of aromatic nitrogens is 4. The number of hydrogen-bond donors (Lipinski definition) is 1. The number of nitrogens with zero attached hydrogens (tertiary/aromatic N) is 4. The van der Waals surface area contributed by atoms with Crippen LogP contribution < -0.4 is 11.5 Å². The van der Waals surface area contributed by atoms with Crippen LogP contribution in [0.25, 0.3) is 5.69 Å². The molecule has 0 bridgehead atoms. The molecule has 0 aromatic carbocycles. The van der Waals surface area contributed by atoms with E-state index in [1.54, 1.807) is 24.5 Å². The van der Waals surface area contributed by atoms with E-state index in [4.69, 9.17) is 5.84 Å². The lowest BCUT2D eigenvalue weighted by Gasteiger charge is -1.95. The molecule has 6 heteroatoms. The molecular formula is C9H11N5O. The zero-order chi connectivity index (χ0) is 10.8. The third kappa shape index (κ3) is 1.50. The first-order valence-electron chi connectivity index (χ1n) is 4.60. The normalized spacial score (nSPS) is 10.5. The van der Waals surface area contributed by atoms with Crippen LogP contribution in [0.4, 0.5) is 0 Å². The summed E-state index contributed by atoms with van der Waals surface area (Å²) < 4.78 is 2.29. The average molecular weight is 205 g/mol. The number of nitrogens with two attached hydrogens (primary N) is 1. The third-order valence-electron chi connectivity index (χ3n) is 2.09. The second kappa shape index (κ2) is 3.56. The zero-order valence-corrected chi connectivity index (χ0v) is 8.29. The zero-order valence-electron chi connectivity index (χ0n) is 8.29. The fourth-order valence-electron chi connectivity index (χ4n) is 1.31. The van der Waals surface area contributed by atoms with E-state index >= 15 is 0 Å². The quantitative estimate of drug-likeness (QED) is 0.683. The highest BCUT2D eigenvalue weighted by atomic mass is 16.2. The molecule has 0 unspecified atom stereocenters. The summed E-state index contributed by atoms with van der Waals surface area (Å²) in [5.74, 6) is 6.10. The van der Waals surface area contributed by atoms with Gasteiger partial charge in [0.2, 0.25) is 0 Å². The summed E-state index contributed by atoms with van der Waals surface area (Å²) in [6, 6.07) is 3.49. The van der Waals surface area contributed by atoms with Gasteiger partial charge in [-0.3, -0.25) is 4.98 Å². The lowest BCUT2D eigenvalue weighted by molar-refractivity contribution is 0.814. The fraction of sp³-hybridized carbons (Fsp3) is 0.222. The molecule has 0 aliphatic heterocycles. The Balaban J connectivity index is 2.60. The Morgan fingerprint density at radius 3 is 2.87 bits per heavy atom. The summed E-state index contributed by atoms with van der Waals surface area (Å²) >= 11 is 0. The van der Waals surface area contributed by atoms with Crippen molar-refractivity contribution in [2.45, 2.75) is 13.3 Å². The van der Waals surface area contributed by atoms with Crippen LogP contribution in [-0.2, 0) is 6.42 Å². The van der Waals surface area contributed by atoms with Crippen LogP contribution in [0.1, 0.15) is 12.7 Å². The van der Waals surface area contributed by atoms with E-state index in [0.29, 0.717) is 17.9 Å². The van der Waals surface area contributed by atoms with Crippen molar-refractivity contribution in [1.29, 1.82) is 0 Å². The number of nitrogen functional groups attached to an aromatic ring is 1. The summed E-state index contributed by atoms with van der Waals surface area (Å²) in [6.07, 6.45) is 3.81. The Morgan fingerprint density at radius 2 is 2.33 bits per heavy atom. The average Bonchev–Trinajstić information content (AvgIpc) is 2.57. The van der Waals surface area contributed by atoms with Crippen molar-refractivity contribution < 1.29 is 0 Å². The van der Waals surface area contributed by atoms with E-state index < -0.39 is 0 Å². The van der Waals surface area contributed by atoms with Gasteiger partial charge in [-0.1, -0.05) is 6.92 Å². The highest BCUT2D eigenvalue weighted by molar-refractivity contribution is 5.25. The topological polar surface area (TPSA) is 78.7 Å². The van der Waals surface area contributed by atoms with Crippen molar-refractivity contribution in [3.05, 3.63) is 40.8 Å². The number of rotatable bonds is 2. The maximum absolute atomic E-state index is 11.7. The Bertz CT molecular complexity index is 513. The Morgan fingerprint density at radius 1 is 1.53 bits per heavy atom. The van der Waals surface area contributed by atoms with Gasteiger partial charge in [-0.2, -0.15) is 9.36 Å². The molecule has 2 N–H and O–H groups in total. The first-order valence-corrected chi connectivity index (χ1v) is 4.60. The molecular weight excluding hydrogens is 194 g/mol. The third-order valence-corrected chi connectivity index (χ3v) is 2.09. The molecule has 0 atom stereocenters. The Kier molecular flexibility index (Phi) is 2.24. The standard InChI is InChI=1S/C9H11N5O/c1-2-8-12-14(9(15)13(8)10)7-4-3-5-11-6-7/h3-6H,2,10H2,1H3. The highest BCUT2D eigenvalue weighted by Gasteiger charge is 2.10. The number of pyridine rings is 1. The van der Waals surface area contributed by atoms with E-state index in [-0.39, 0.29) is 5.69 Å². The van der Waals surface area contributed by atoms with Gasteiger partial charge in [0.05, 0.1) is 11.9 Å². The van der Waals surface area contributed by atoms with Crippen molar-refractivity contribution in [3.63, 3.8) is 0 Å². The van der Waals surface area contributed by atoms with E-state index in [2.05, 4.69) is 10.1 Å². The first kappa shape index (κ1) is 9.45. The molecule has 2 heterocycles. The van der Waals surface area contributed by atoms with Crippen LogP contribution in [0.15, 0.2) is 29.3 Å². The van der Waals surface area contributed by atoms with Crippen LogP contribution in [0.5, 0.6) is 0 Å². The van der Waals surface area contributed by atoms with Crippen molar-refractivity contribution in [2.24, 2.45) is 0 Å². The van der Waals surface area contributed by atoms with Gasteiger partial charge in [-0.05, 0) is 12.1 Å². The number of aryl methyl sites for hydroxylation is 1. The summed E-state index contributed by atoms with van der Waals surface area (Å²) in [5, 5.41) is 4.10. The molecule has 0 aliphatic carbocycles. The van der Waals surface area contributed by atoms with Crippen LogP contribution in [-0.4, -0.2) is 19.4 Å². The predicted octanol–water partition coefficient (Wildman–Crippen LogP) is -0.295. The van der Waals surface area contributed by atoms with Gasteiger partial charge in [0, 0.05) is 12.6 Å². The minimum Gasteiger partial charge on any atom is -0.333 e. The van der Waals surface area contributed by atoms with Gasteiger partial charge in [0.1, 0.15) is 0 Å². The lowest BCUT2D eigenvalue weighted by atomic mass is 10.4. The molecule has 0 spiro atoms. The van der Waals surface area contributed by atoms with Gasteiger partial charge in [-0.15, -0.1) is 5.10 Å². The van der Waals surface area contributed by atoms with Gasteiger partial charge in [0.25, 0.3) is 0 Å². The van der Waals surface area contributed by atoms with E-state index in [1.165, 1.54) is 4.68 Å². The van der Waals surface area contributed by atoms with Gasteiger partial charge >= 0.3 is 5.69 Å². The van der Waals surface area contributed by atoms with Crippen LogP contribution in [0, 0.1) is 0 Å². The van der Waals surface area contributed by atoms with Crippen LogP contribution >= 0.6 is 0 Å². The predicted molar refractivity (Wildman–Crippen MR) is 55.1 cm³/mol. The summed E-state index contributed by atoms with van der Waals surface area (Å²) in [6.45, 7) is 1.89. The van der Waals surface area contributed by atoms with Crippen LogP contribution in [0.2, 0.25) is 0 Å². The van der Waals surface area contributed by atoms with E-state index in [1.807, 2.05) is 6.92 Å². The van der Waals surface area contributed by atoms with E-state index in [0.717, 1.165) is 4.68 Å². The number of hydrogen-bond acceptors (Lipinski definition) is 4. The molecule has 0 saturated carbocycles. The minimum absolute atomic E-state index is 0.361. The molecule has 2 aromatic rings. The van der Waals surface area contributed by atoms with Crippen molar-refractivity contribution in [1.82, 2.24) is 19.4 Å². The summed E-state index contributed by atoms with van der Waals surface area (Å²) in [4.78, 5) is 15.6. The maximum Gasteiger partial charge on any atom is 0.369 e. The smallest absolute Gasteiger partial charge is 0.333 e. The van der Waals surface area contributed by atoms with Crippen molar-refractivity contribution >= 4 is 0 Å². The molecule has 15 heavy (non-hydrogen) atoms. The second-order valence-electron chi connectivity index (χ2n) is 3.05. The van der Waals surface area contributed by atoms with Crippen LogP contribution in [0.3, 0.4) is 0 Å². The molecule has 6 nitrogen and oxygen atoms in total. The lowest BCUT2D eigenvalue weighted by Crippen LogP contribution is -2.29.